The number of nitrogen functional groups attached to an aromatic ring is 1. The van der Waals surface area contributed by atoms with Crippen molar-refractivity contribution in [2.45, 2.75) is 58.1 Å². The molecule has 29 heavy (non-hydrogen) atoms. The predicted molar refractivity (Wildman–Crippen MR) is 110 cm³/mol. The lowest BCUT2D eigenvalue weighted by atomic mass is 9.94. The Morgan fingerprint density at radius 1 is 1.31 bits per heavy atom. The number of nitrogens with zero attached hydrogens (tertiary/aromatic N) is 2. The van der Waals surface area contributed by atoms with E-state index in [0.717, 1.165) is 36.8 Å². The van der Waals surface area contributed by atoms with Crippen LogP contribution in [0.15, 0.2) is 30.5 Å². The summed E-state index contributed by atoms with van der Waals surface area (Å²) in [5, 5.41) is 14.4. The summed E-state index contributed by atoms with van der Waals surface area (Å²) in [5.74, 6) is -0.105. The summed E-state index contributed by atoms with van der Waals surface area (Å²) >= 11 is 0. The highest BCUT2D eigenvalue weighted by molar-refractivity contribution is 5.79. The first-order valence-electron chi connectivity index (χ1n) is 9.67. The highest BCUT2D eigenvalue weighted by Crippen LogP contribution is 2.37. The summed E-state index contributed by atoms with van der Waals surface area (Å²) in [4.78, 5) is 27.1. The Kier molecular flexibility index (Phi) is 5.72. The first-order chi connectivity index (χ1) is 13.7. The molecule has 1 heterocycles. The number of carbonyl (C=O) groups excluding carboxylic acids is 1. The van der Waals surface area contributed by atoms with Crippen LogP contribution in [0.4, 0.5) is 16.3 Å². The van der Waals surface area contributed by atoms with E-state index in [9.17, 15) is 14.9 Å². The second-order valence-electron chi connectivity index (χ2n) is 8.21. The molecule has 1 atom stereocenters. The van der Waals surface area contributed by atoms with Crippen molar-refractivity contribution in [2.24, 2.45) is 0 Å². The van der Waals surface area contributed by atoms with Gasteiger partial charge in [0.15, 0.2) is 0 Å². The Hall–Kier alpha value is -3.16. The molecular weight excluding hydrogens is 372 g/mol. The van der Waals surface area contributed by atoms with Gasteiger partial charge in [0.05, 0.1) is 16.5 Å². The van der Waals surface area contributed by atoms with Crippen LogP contribution in [0, 0.1) is 10.1 Å². The standard InChI is InChI=1S/C21H26N4O4/c1-21(2,3)29-20(26)24-17-7-5-4-6-13-12-14(8-9-15(13)17)16-10-11-23-19(22)18(16)25(27)28/h8-12,17H,4-7H2,1-3H3,(H2,22,23)(H,24,26). The van der Waals surface area contributed by atoms with E-state index in [4.69, 9.17) is 10.5 Å². The van der Waals surface area contributed by atoms with Crippen molar-refractivity contribution >= 4 is 17.6 Å². The predicted octanol–water partition coefficient (Wildman–Crippen LogP) is 4.53. The lowest BCUT2D eigenvalue weighted by Gasteiger charge is -2.24. The van der Waals surface area contributed by atoms with Crippen LogP contribution < -0.4 is 11.1 Å². The topological polar surface area (TPSA) is 120 Å². The van der Waals surface area contributed by atoms with Crippen molar-refractivity contribution in [3.05, 3.63) is 51.7 Å². The number of anilines is 1. The number of rotatable bonds is 3. The molecule has 1 aliphatic rings. The van der Waals surface area contributed by atoms with Gasteiger partial charge in [-0.1, -0.05) is 24.6 Å². The number of ether oxygens (including phenoxy) is 1. The Balaban J connectivity index is 1.95. The molecule has 0 bridgehead atoms. The average molecular weight is 398 g/mol. The molecule has 0 radical (unpaired) electrons. The van der Waals surface area contributed by atoms with Crippen LogP contribution in [0.3, 0.4) is 0 Å². The zero-order chi connectivity index (χ0) is 21.2. The van der Waals surface area contributed by atoms with E-state index in [1.54, 1.807) is 6.07 Å². The van der Waals surface area contributed by atoms with Crippen molar-refractivity contribution in [1.82, 2.24) is 10.3 Å². The summed E-state index contributed by atoms with van der Waals surface area (Å²) in [6.45, 7) is 5.48. The van der Waals surface area contributed by atoms with Gasteiger partial charge >= 0.3 is 11.8 Å². The Morgan fingerprint density at radius 2 is 2.07 bits per heavy atom. The monoisotopic (exact) mass is 398 g/mol. The molecule has 1 unspecified atom stereocenters. The SMILES string of the molecule is CC(C)(C)OC(=O)NC1CCCCc2cc(-c3ccnc(N)c3[N+](=O)[O-])ccc21. The maximum absolute atomic E-state index is 12.3. The second kappa shape index (κ2) is 8.06. The number of alkyl carbamates (subject to hydrolysis) is 1. The van der Waals surface area contributed by atoms with Crippen LogP contribution in [0.2, 0.25) is 0 Å². The molecule has 8 heteroatoms. The second-order valence-corrected chi connectivity index (χ2v) is 8.21. The summed E-state index contributed by atoms with van der Waals surface area (Å²) in [7, 11) is 0. The van der Waals surface area contributed by atoms with Gasteiger partial charge in [-0.15, -0.1) is 0 Å². The number of nitro groups is 1. The van der Waals surface area contributed by atoms with E-state index < -0.39 is 16.6 Å². The lowest BCUT2D eigenvalue weighted by molar-refractivity contribution is -0.383. The summed E-state index contributed by atoms with van der Waals surface area (Å²) in [5.41, 5.74) is 8.20. The fraction of sp³-hybridized carbons (Fsp3) is 0.429. The van der Waals surface area contributed by atoms with Crippen molar-refractivity contribution in [3.8, 4) is 11.1 Å². The molecule has 3 rings (SSSR count). The van der Waals surface area contributed by atoms with E-state index in [1.165, 1.54) is 6.20 Å². The minimum atomic E-state index is -0.568. The van der Waals surface area contributed by atoms with Crippen LogP contribution in [0.1, 0.15) is 57.2 Å². The maximum atomic E-state index is 12.3. The third kappa shape index (κ3) is 4.82. The van der Waals surface area contributed by atoms with Crippen molar-refractivity contribution in [2.75, 3.05) is 5.73 Å². The zero-order valence-corrected chi connectivity index (χ0v) is 16.9. The van der Waals surface area contributed by atoms with Crippen molar-refractivity contribution in [3.63, 3.8) is 0 Å². The Morgan fingerprint density at radius 3 is 2.76 bits per heavy atom. The number of nitrogens with one attached hydrogen (secondary N) is 1. The number of aryl methyl sites for hydroxylation is 1. The van der Waals surface area contributed by atoms with Crippen LogP contribution >= 0.6 is 0 Å². The molecule has 154 valence electrons. The molecule has 3 N–H and O–H groups in total. The number of amides is 1. The molecule has 1 aromatic carbocycles. The summed E-state index contributed by atoms with van der Waals surface area (Å²) < 4.78 is 5.40. The van der Waals surface area contributed by atoms with E-state index >= 15 is 0 Å². The van der Waals surface area contributed by atoms with E-state index in [2.05, 4.69) is 10.3 Å². The summed E-state index contributed by atoms with van der Waals surface area (Å²) in [6.07, 6.45) is 4.61. The number of carbonyl (C=O) groups is 1. The van der Waals surface area contributed by atoms with Gasteiger partial charge in [-0.05, 0) is 62.8 Å². The lowest BCUT2D eigenvalue weighted by Crippen LogP contribution is -2.35. The van der Waals surface area contributed by atoms with E-state index in [-0.39, 0.29) is 17.5 Å². The van der Waals surface area contributed by atoms with Gasteiger partial charge in [0, 0.05) is 6.20 Å². The molecule has 2 aromatic rings. The van der Waals surface area contributed by atoms with Gasteiger partial charge in [0.25, 0.3) is 0 Å². The molecule has 0 aliphatic heterocycles. The number of hydrogen-bond acceptors (Lipinski definition) is 6. The van der Waals surface area contributed by atoms with Gasteiger partial charge in [0.1, 0.15) is 5.60 Å². The highest BCUT2D eigenvalue weighted by atomic mass is 16.6. The maximum Gasteiger partial charge on any atom is 0.408 e. The van der Waals surface area contributed by atoms with Gasteiger partial charge < -0.3 is 15.8 Å². The Bertz CT molecular complexity index is 937. The number of pyridine rings is 1. The smallest absolute Gasteiger partial charge is 0.408 e. The number of hydrogen-bond donors (Lipinski definition) is 2. The van der Waals surface area contributed by atoms with Crippen molar-refractivity contribution < 1.29 is 14.5 Å². The quantitative estimate of drug-likeness (QED) is 0.445. The molecule has 0 saturated carbocycles. The molecule has 1 amide bonds. The van der Waals surface area contributed by atoms with Gasteiger partial charge in [-0.3, -0.25) is 10.1 Å². The van der Waals surface area contributed by atoms with Gasteiger partial charge in [-0.2, -0.15) is 0 Å². The van der Waals surface area contributed by atoms with Crippen LogP contribution in [-0.2, 0) is 11.2 Å². The molecule has 0 saturated heterocycles. The highest BCUT2D eigenvalue weighted by Gasteiger charge is 2.25. The molecule has 1 aromatic heterocycles. The molecular formula is C21H26N4O4. The molecule has 8 nitrogen and oxygen atoms in total. The van der Waals surface area contributed by atoms with Crippen LogP contribution in [0.5, 0.6) is 0 Å². The number of benzene rings is 1. The first-order valence-corrected chi connectivity index (χ1v) is 9.67. The number of aromatic nitrogens is 1. The number of fused-ring (bicyclic) bond motifs is 1. The van der Waals surface area contributed by atoms with Crippen LogP contribution in [-0.4, -0.2) is 21.6 Å². The fourth-order valence-electron chi connectivity index (χ4n) is 3.64. The van der Waals surface area contributed by atoms with Crippen LogP contribution in [0.25, 0.3) is 11.1 Å². The third-order valence-electron chi connectivity index (χ3n) is 4.84. The normalized spacial score (nSPS) is 16.4. The van der Waals surface area contributed by atoms with E-state index in [0.29, 0.717) is 11.1 Å². The number of nitrogens with two attached hydrogens (primary N) is 1. The Labute approximate surface area is 169 Å². The minimum absolute atomic E-state index is 0.105. The molecule has 1 aliphatic carbocycles. The minimum Gasteiger partial charge on any atom is -0.444 e. The fourth-order valence-corrected chi connectivity index (χ4v) is 3.64. The van der Waals surface area contributed by atoms with Gasteiger partial charge in [0.2, 0.25) is 5.82 Å². The average Bonchev–Trinajstić information content (AvgIpc) is 2.81. The van der Waals surface area contributed by atoms with E-state index in [1.807, 2.05) is 39.0 Å². The molecule has 0 fully saturated rings. The molecule has 0 spiro atoms. The van der Waals surface area contributed by atoms with Gasteiger partial charge in [-0.25, -0.2) is 9.78 Å². The largest absolute Gasteiger partial charge is 0.444 e. The third-order valence-corrected chi connectivity index (χ3v) is 4.84. The van der Waals surface area contributed by atoms with Crippen molar-refractivity contribution in [1.29, 1.82) is 0 Å². The first kappa shape index (κ1) is 20.6. The summed E-state index contributed by atoms with van der Waals surface area (Å²) in [6, 6.07) is 7.15. The zero-order valence-electron chi connectivity index (χ0n) is 16.9.